The van der Waals surface area contributed by atoms with Gasteiger partial charge in [0.2, 0.25) is 0 Å². The molecule has 0 spiro atoms. The average Bonchev–Trinajstić information content (AvgIpc) is 2.54. The van der Waals surface area contributed by atoms with Gasteiger partial charge in [0, 0.05) is 22.2 Å². The lowest BCUT2D eigenvalue weighted by Gasteiger charge is -2.13. The summed E-state index contributed by atoms with van der Waals surface area (Å²) in [5.74, 6) is 0.600. The van der Waals surface area contributed by atoms with E-state index in [0.29, 0.717) is 22.2 Å². The summed E-state index contributed by atoms with van der Waals surface area (Å²) in [6.07, 6.45) is 1.09. The molecule has 0 bridgehead atoms. The summed E-state index contributed by atoms with van der Waals surface area (Å²) in [6, 6.07) is 12.3. The van der Waals surface area contributed by atoms with Crippen LogP contribution in [0.5, 0.6) is 5.75 Å². The van der Waals surface area contributed by atoms with E-state index in [1.165, 1.54) is 0 Å². The summed E-state index contributed by atoms with van der Waals surface area (Å²) in [7, 11) is 0. The monoisotopic (exact) mass is 351 g/mol. The predicted molar refractivity (Wildman–Crippen MR) is 94.5 cm³/mol. The normalized spacial score (nSPS) is 11.8. The van der Waals surface area contributed by atoms with Gasteiger partial charge in [-0.05, 0) is 55.3 Å². The second-order valence-corrected chi connectivity index (χ2v) is 6.12. The van der Waals surface area contributed by atoms with Gasteiger partial charge in [0.05, 0.1) is 6.10 Å². The maximum atomic E-state index is 12.2. The van der Waals surface area contributed by atoms with Gasteiger partial charge in [0.25, 0.3) is 5.91 Å². The molecule has 0 heterocycles. The van der Waals surface area contributed by atoms with Crippen LogP contribution in [0.1, 0.15) is 36.2 Å². The fraction of sp³-hybridized carbons (Fsp3) is 0.278. The molecule has 0 saturated carbocycles. The number of ether oxygens (including phenoxy) is 1. The molecule has 2 aromatic carbocycles. The Morgan fingerprint density at radius 2 is 1.87 bits per heavy atom. The van der Waals surface area contributed by atoms with Crippen LogP contribution in [0.2, 0.25) is 10.0 Å². The lowest BCUT2D eigenvalue weighted by atomic mass is 10.2. The van der Waals surface area contributed by atoms with E-state index in [1.54, 1.807) is 42.5 Å². The highest BCUT2D eigenvalue weighted by Gasteiger charge is 2.08. The second-order valence-electron chi connectivity index (χ2n) is 5.28. The number of carbonyl (C=O) groups excluding carboxylic acids is 1. The Morgan fingerprint density at radius 1 is 1.17 bits per heavy atom. The standard InChI is InChI=1S/C18H19Cl2NO2/c1-3-12(2)23-16-8-5-13(6-9-16)18(22)21-11-14-4-7-15(19)10-17(14)20/h4-10,12H,3,11H2,1-2H3,(H,21,22). The Morgan fingerprint density at radius 3 is 2.48 bits per heavy atom. The van der Waals surface area contributed by atoms with Crippen molar-refractivity contribution in [1.82, 2.24) is 5.32 Å². The van der Waals surface area contributed by atoms with E-state index in [-0.39, 0.29) is 12.0 Å². The van der Waals surface area contributed by atoms with Crippen molar-refractivity contribution >= 4 is 29.1 Å². The number of carbonyl (C=O) groups is 1. The summed E-state index contributed by atoms with van der Waals surface area (Å²) < 4.78 is 5.69. The Bertz CT molecular complexity index is 671. The molecule has 0 saturated heterocycles. The third kappa shape index (κ3) is 5.15. The minimum Gasteiger partial charge on any atom is -0.491 e. The molecular weight excluding hydrogens is 333 g/mol. The fourth-order valence-corrected chi connectivity index (χ4v) is 2.42. The molecule has 5 heteroatoms. The molecule has 1 N–H and O–H groups in total. The molecule has 0 fully saturated rings. The van der Waals surface area contributed by atoms with E-state index in [4.69, 9.17) is 27.9 Å². The molecule has 1 amide bonds. The Balaban J connectivity index is 1.95. The first kappa shape index (κ1) is 17.6. The van der Waals surface area contributed by atoms with E-state index < -0.39 is 0 Å². The summed E-state index contributed by atoms with van der Waals surface area (Å²) in [4.78, 5) is 12.2. The summed E-state index contributed by atoms with van der Waals surface area (Å²) >= 11 is 11.9. The molecular formula is C18H19Cl2NO2. The number of benzene rings is 2. The Hall–Kier alpha value is -1.71. The van der Waals surface area contributed by atoms with Gasteiger partial charge in [0.1, 0.15) is 5.75 Å². The highest BCUT2D eigenvalue weighted by Crippen LogP contribution is 2.21. The van der Waals surface area contributed by atoms with Crippen LogP contribution in [-0.2, 0) is 6.54 Å². The zero-order valence-electron chi connectivity index (χ0n) is 13.1. The zero-order valence-corrected chi connectivity index (χ0v) is 14.6. The summed E-state index contributed by atoms with van der Waals surface area (Å²) in [5.41, 5.74) is 1.40. The van der Waals surface area contributed by atoms with Crippen LogP contribution in [0.15, 0.2) is 42.5 Å². The lowest BCUT2D eigenvalue weighted by molar-refractivity contribution is 0.0951. The summed E-state index contributed by atoms with van der Waals surface area (Å²) in [5, 5.41) is 3.95. The zero-order chi connectivity index (χ0) is 16.8. The van der Waals surface area contributed by atoms with Crippen LogP contribution >= 0.6 is 23.2 Å². The molecule has 2 rings (SSSR count). The first-order valence-electron chi connectivity index (χ1n) is 7.48. The topological polar surface area (TPSA) is 38.3 Å². The first-order chi connectivity index (χ1) is 11.0. The quantitative estimate of drug-likeness (QED) is 0.785. The molecule has 23 heavy (non-hydrogen) atoms. The molecule has 122 valence electrons. The number of amides is 1. The van der Waals surface area contributed by atoms with Crippen molar-refractivity contribution in [3.05, 3.63) is 63.6 Å². The van der Waals surface area contributed by atoms with Crippen molar-refractivity contribution in [2.75, 3.05) is 0 Å². The van der Waals surface area contributed by atoms with E-state index in [2.05, 4.69) is 12.2 Å². The van der Waals surface area contributed by atoms with Gasteiger partial charge in [-0.25, -0.2) is 0 Å². The van der Waals surface area contributed by atoms with Crippen LogP contribution in [0.3, 0.4) is 0 Å². The maximum Gasteiger partial charge on any atom is 0.251 e. The molecule has 0 aliphatic carbocycles. The van der Waals surface area contributed by atoms with E-state index in [9.17, 15) is 4.79 Å². The van der Waals surface area contributed by atoms with Crippen LogP contribution in [0, 0.1) is 0 Å². The molecule has 2 aromatic rings. The molecule has 0 aliphatic rings. The van der Waals surface area contributed by atoms with Crippen LogP contribution in [0.25, 0.3) is 0 Å². The minimum absolute atomic E-state index is 0.154. The van der Waals surface area contributed by atoms with Crippen molar-refractivity contribution in [3.63, 3.8) is 0 Å². The highest BCUT2D eigenvalue weighted by molar-refractivity contribution is 6.35. The molecule has 3 nitrogen and oxygen atoms in total. The van der Waals surface area contributed by atoms with E-state index in [1.807, 2.05) is 6.92 Å². The number of hydrogen-bond acceptors (Lipinski definition) is 2. The van der Waals surface area contributed by atoms with E-state index >= 15 is 0 Å². The Kier molecular flexibility index (Phi) is 6.31. The van der Waals surface area contributed by atoms with Gasteiger partial charge >= 0.3 is 0 Å². The van der Waals surface area contributed by atoms with Gasteiger partial charge in [-0.2, -0.15) is 0 Å². The van der Waals surface area contributed by atoms with Crippen LogP contribution < -0.4 is 10.1 Å². The highest BCUT2D eigenvalue weighted by atomic mass is 35.5. The molecule has 0 radical (unpaired) electrons. The fourth-order valence-electron chi connectivity index (χ4n) is 1.94. The minimum atomic E-state index is -0.161. The maximum absolute atomic E-state index is 12.2. The van der Waals surface area contributed by atoms with Gasteiger partial charge in [-0.15, -0.1) is 0 Å². The molecule has 1 unspecified atom stereocenters. The van der Waals surface area contributed by atoms with Crippen molar-refractivity contribution in [2.24, 2.45) is 0 Å². The lowest BCUT2D eigenvalue weighted by Crippen LogP contribution is -2.22. The number of halogens is 2. The second kappa shape index (κ2) is 8.23. The third-order valence-electron chi connectivity index (χ3n) is 3.48. The smallest absolute Gasteiger partial charge is 0.251 e. The molecule has 0 aliphatic heterocycles. The first-order valence-corrected chi connectivity index (χ1v) is 8.24. The number of nitrogens with one attached hydrogen (secondary N) is 1. The SMILES string of the molecule is CCC(C)Oc1ccc(C(=O)NCc2ccc(Cl)cc2Cl)cc1. The van der Waals surface area contributed by atoms with Gasteiger partial charge in [-0.3, -0.25) is 4.79 Å². The van der Waals surface area contributed by atoms with Gasteiger partial charge in [0.15, 0.2) is 0 Å². The van der Waals surface area contributed by atoms with Crippen molar-refractivity contribution < 1.29 is 9.53 Å². The van der Waals surface area contributed by atoms with Crippen LogP contribution in [-0.4, -0.2) is 12.0 Å². The molecule has 1 atom stereocenters. The van der Waals surface area contributed by atoms with Crippen molar-refractivity contribution in [3.8, 4) is 5.75 Å². The average molecular weight is 352 g/mol. The largest absolute Gasteiger partial charge is 0.491 e. The summed E-state index contributed by atoms with van der Waals surface area (Å²) in [6.45, 7) is 4.42. The van der Waals surface area contributed by atoms with Crippen molar-refractivity contribution in [1.29, 1.82) is 0 Å². The number of hydrogen-bond donors (Lipinski definition) is 1. The number of rotatable bonds is 6. The third-order valence-corrected chi connectivity index (χ3v) is 4.07. The Labute approximate surface area is 146 Å². The predicted octanol–water partition coefficient (Wildman–Crippen LogP) is 5.10. The van der Waals surface area contributed by atoms with Crippen LogP contribution in [0.4, 0.5) is 0 Å². The molecule has 0 aromatic heterocycles. The van der Waals surface area contributed by atoms with Crippen molar-refractivity contribution in [2.45, 2.75) is 32.9 Å². The van der Waals surface area contributed by atoms with Gasteiger partial charge in [-0.1, -0.05) is 36.2 Å². The van der Waals surface area contributed by atoms with Gasteiger partial charge < -0.3 is 10.1 Å². The van der Waals surface area contributed by atoms with E-state index in [0.717, 1.165) is 17.7 Å².